The fraction of sp³-hybridized carbons (Fsp3) is 0.500. The van der Waals surface area contributed by atoms with Crippen molar-refractivity contribution in [1.29, 1.82) is 0 Å². The molecule has 1 fully saturated rings. The Morgan fingerprint density at radius 1 is 1.24 bits per heavy atom. The Bertz CT molecular complexity index is 607. The van der Waals surface area contributed by atoms with E-state index in [0.29, 0.717) is 44.1 Å². The van der Waals surface area contributed by atoms with Crippen molar-refractivity contribution in [2.75, 3.05) is 39.0 Å². The molecule has 0 unspecified atom stereocenters. The summed E-state index contributed by atoms with van der Waals surface area (Å²) in [5, 5.41) is 0. The molecule has 116 valence electrons. The number of ether oxygens (including phenoxy) is 1. The molecule has 0 bridgehead atoms. The number of piperazine rings is 1. The minimum absolute atomic E-state index is 0.0929. The van der Waals surface area contributed by atoms with Crippen molar-refractivity contribution >= 4 is 15.9 Å². The molecule has 0 aliphatic carbocycles. The van der Waals surface area contributed by atoms with E-state index in [1.165, 1.54) is 10.6 Å². The molecule has 1 heterocycles. The van der Waals surface area contributed by atoms with E-state index >= 15 is 0 Å². The predicted molar refractivity (Wildman–Crippen MR) is 79.9 cm³/mol. The Morgan fingerprint density at radius 2 is 1.90 bits per heavy atom. The lowest BCUT2D eigenvalue weighted by atomic mass is 10.1. The summed E-state index contributed by atoms with van der Waals surface area (Å²) in [6, 6.07) is 7.05. The minimum atomic E-state index is -3.18. The number of nitrogens with zero attached hydrogens (tertiary/aromatic N) is 2. The standard InChI is InChI=1S/C14H20N2O4S/c1-3-20-13-6-4-5-12(11-13)14(17)15-7-9-16(10-8-15)21(2,18)19/h4-6,11H,3,7-10H2,1-2H3. The molecule has 0 aromatic heterocycles. The molecular weight excluding hydrogens is 292 g/mol. The van der Waals surface area contributed by atoms with Crippen LogP contribution in [0.15, 0.2) is 24.3 Å². The molecule has 21 heavy (non-hydrogen) atoms. The summed E-state index contributed by atoms with van der Waals surface area (Å²) in [5.41, 5.74) is 0.564. The number of rotatable bonds is 4. The zero-order valence-electron chi connectivity index (χ0n) is 12.3. The number of benzene rings is 1. The Hall–Kier alpha value is -1.60. The highest BCUT2D eigenvalue weighted by Crippen LogP contribution is 2.16. The molecule has 0 spiro atoms. The number of hydrogen-bond donors (Lipinski definition) is 0. The third-order valence-electron chi connectivity index (χ3n) is 3.39. The highest BCUT2D eigenvalue weighted by molar-refractivity contribution is 7.88. The second-order valence-electron chi connectivity index (χ2n) is 4.92. The molecule has 6 nitrogen and oxygen atoms in total. The Morgan fingerprint density at radius 3 is 2.48 bits per heavy atom. The highest BCUT2D eigenvalue weighted by Gasteiger charge is 2.26. The third kappa shape index (κ3) is 3.95. The van der Waals surface area contributed by atoms with Gasteiger partial charge in [-0.3, -0.25) is 4.79 Å². The van der Waals surface area contributed by atoms with Crippen molar-refractivity contribution in [3.8, 4) is 5.75 Å². The molecule has 1 saturated heterocycles. The molecular formula is C14H20N2O4S. The minimum Gasteiger partial charge on any atom is -0.494 e. The van der Waals surface area contributed by atoms with Crippen molar-refractivity contribution < 1.29 is 17.9 Å². The van der Waals surface area contributed by atoms with Crippen LogP contribution in [0.1, 0.15) is 17.3 Å². The normalized spacial score (nSPS) is 16.8. The quantitative estimate of drug-likeness (QED) is 0.825. The molecule has 1 aromatic carbocycles. The van der Waals surface area contributed by atoms with Crippen molar-refractivity contribution in [3.05, 3.63) is 29.8 Å². The van der Waals surface area contributed by atoms with Crippen LogP contribution in [0.3, 0.4) is 0 Å². The molecule has 0 saturated carbocycles. The van der Waals surface area contributed by atoms with E-state index in [9.17, 15) is 13.2 Å². The van der Waals surface area contributed by atoms with Crippen molar-refractivity contribution in [1.82, 2.24) is 9.21 Å². The average molecular weight is 312 g/mol. The van der Waals surface area contributed by atoms with Gasteiger partial charge in [-0.1, -0.05) is 6.07 Å². The second-order valence-corrected chi connectivity index (χ2v) is 6.90. The van der Waals surface area contributed by atoms with Crippen LogP contribution in [0.25, 0.3) is 0 Å². The summed E-state index contributed by atoms with van der Waals surface area (Å²) >= 11 is 0. The maximum Gasteiger partial charge on any atom is 0.254 e. The first-order chi connectivity index (χ1) is 9.91. The van der Waals surface area contributed by atoms with Crippen LogP contribution in [0.5, 0.6) is 5.75 Å². The predicted octanol–water partition coefficient (Wildman–Crippen LogP) is 0.803. The van der Waals surface area contributed by atoms with E-state index in [-0.39, 0.29) is 5.91 Å². The molecule has 1 aliphatic rings. The second kappa shape index (κ2) is 6.44. The van der Waals surface area contributed by atoms with Crippen molar-refractivity contribution in [2.45, 2.75) is 6.92 Å². The van der Waals surface area contributed by atoms with Crippen molar-refractivity contribution in [3.63, 3.8) is 0 Å². The van der Waals surface area contributed by atoms with Crippen LogP contribution in [0.2, 0.25) is 0 Å². The molecule has 0 atom stereocenters. The van der Waals surface area contributed by atoms with Gasteiger partial charge >= 0.3 is 0 Å². The Balaban J connectivity index is 2.03. The van der Waals surface area contributed by atoms with Gasteiger partial charge in [-0.05, 0) is 25.1 Å². The Kier molecular flexibility index (Phi) is 4.84. The lowest BCUT2D eigenvalue weighted by Gasteiger charge is -2.33. The first kappa shape index (κ1) is 15.8. The average Bonchev–Trinajstić information content (AvgIpc) is 2.46. The van der Waals surface area contributed by atoms with Crippen LogP contribution in [-0.4, -0.2) is 62.6 Å². The molecule has 2 rings (SSSR count). The van der Waals surface area contributed by atoms with Crippen LogP contribution in [0, 0.1) is 0 Å². The lowest BCUT2D eigenvalue weighted by Crippen LogP contribution is -2.50. The van der Waals surface area contributed by atoms with E-state index < -0.39 is 10.0 Å². The van der Waals surface area contributed by atoms with Gasteiger partial charge in [-0.2, -0.15) is 4.31 Å². The van der Waals surface area contributed by atoms with E-state index in [1.54, 1.807) is 23.1 Å². The van der Waals surface area contributed by atoms with Crippen LogP contribution < -0.4 is 4.74 Å². The van der Waals surface area contributed by atoms with Gasteiger partial charge in [0.25, 0.3) is 5.91 Å². The maximum absolute atomic E-state index is 12.4. The summed E-state index contributed by atoms with van der Waals surface area (Å²) in [6.07, 6.45) is 1.19. The van der Waals surface area contributed by atoms with Gasteiger partial charge in [0.2, 0.25) is 10.0 Å². The van der Waals surface area contributed by atoms with Gasteiger partial charge in [-0.15, -0.1) is 0 Å². The van der Waals surface area contributed by atoms with Crippen molar-refractivity contribution in [2.24, 2.45) is 0 Å². The zero-order chi connectivity index (χ0) is 15.5. The van der Waals surface area contributed by atoms with Crippen LogP contribution in [-0.2, 0) is 10.0 Å². The number of amides is 1. The van der Waals surface area contributed by atoms with Crippen LogP contribution in [0.4, 0.5) is 0 Å². The molecule has 7 heteroatoms. The summed E-state index contributed by atoms with van der Waals surface area (Å²) in [5.74, 6) is 0.572. The first-order valence-corrected chi connectivity index (χ1v) is 8.74. The van der Waals surface area contributed by atoms with Crippen LogP contribution >= 0.6 is 0 Å². The van der Waals surface area contributed by atoms with E-state index in [0.717, 1.165) is 0 Å². The number of carbonyl (C=O) groups is 1. The molecule has 0 radical (unpaired) electrons. The summed E-state index contributed by atoms with van der Waals surface area (Å²) in [7, 11) is -3.18. The summed E-state index contributed by atoms with van der Waals surface area (Å²) in [6.45, 7) is 3.94. The number of carbonyl (C=O) groups excluding carboxylic acids is 1. The third-order valence-corrected chi connectivity index (χ3v) is 4.69. The van der Waals surface area contributed by atoms with Gasteiger partial charge in [-0.25, -0.2) is 8.42 Å². The maximum atomic E-state index is 12.4. The molecule has 1 aliphatic heterocycles. The fourth-order valence-corrected chi connectivity index (χ4v) is 3.12. The van der Waals surface area contributed by atoms with E-state index in [4.69, 9.17) is 4.74 Å². The SMILES string of the molecule is CCOc1cccc(C(=O)N2CCN(S(C)(=O)=O)CC2)c1. The molecule has 1 aromatic rings. The first-order valence-electron chi connectivity index (χ1n) is 6.89. The fourth-order valence-electron chi connectivity index (χ4n) is 2.29. The van der Waals surface area contributed by atoms with Gasteiger partial charge < -0.3 is 9.64 Å². The smallest absolute Gasteiger partial charge is 0.254 e. The number of hydrogen-bond acceptors (Lipinski definition) is 4. The monoisotopic (exact) mass is 312 g/mol. The highest BCUT2D eigenvalue weighted by atomic mass is 32.2. The zero-order valence-corrected chi connectivity index (χ0v) is 13.1. The largest absolute Gasteiger partial charge is 0.494 e. The summed E-state index contributed by atoms with van der Waals surface area (Å²) < 4.78 is 29.7. The van der Waals surface area contributed by atoms with Gasteiger partial charge in [0.05, 0.1) is 12.9 Å². The Labute approximate surface area is 125 Å². The lowest BCUT2D eigenvalue weighted by molar-refractivity contribution is 0.0698. The van der Waals surface area contributed by atoms with Gasteiger partial charge in [0.15, 0.2) is 0 Å². The molecule has 1 amide bonds. The topological polar surface area (TPSA) is 66.9 Å². The van der Waals surface area contributed by atoms with Gasteiger partial charge in [0.1, 0.15) is 5.75 Å². The van der Waals surface area contributed by atoms with Gasteiger partial charge in [0, 0.05) is 31.7 Å². The molecule has 0 N–H and O–H groups in total. The number of sulfonamides is 1. The van der Waals surface area contributed by atoms with E-state index in [1.807, 2.05) is 13.0 Å². The van der Waals surface area contributed by atoms with E-state index in [2.05, 4.69) is 0 Å². The summed E-state index contributed by atoms with van der Waals surface area (Å²) in [4.78, 5) is 14.1.